The highest BCUT2D eigenvalue weighted by atomic mass is 32.1. The van der Waals surface area contributed by atoms with E-state index in [4.69, 9.17) is 4.74 Å². The lowest BCUT2D eigenvalue weighted by Crippen LogP contribution is -2.11. The van der Waals surface area contributed by atoms with Crippen molar-refractivity contribution in [3.05, 3.63) is 65.2 Å². The van der Waals surface area contributed by atoms with E-state index in [1.807, 2.05) is 68.4 Å². The Kier molecular flexibility index (Phi) is 4.91. The molecular formula is C19H18N2O2S. The lowest BCUT2D eigenvalue weighted by Gasteiger charge is -2.03. The Morgan fingerprint density at radius 1 is 1.12 bits per heavy atom. The third kappa shape index (κ3) is 3.63. The fourth-order valence-electron chi connectivity index (χ4n) is 2.30. The van der Waals surface area contributed by atoms with Crippen LogP contribution in [0.4, 0.5) is 5.69 Å². The molecule has 0 saturated carbocycles. The Balaban J connectivity index is 1.80. The Labute approximate surface area is 145 Å². The number of ether oxygens (including phenoxy) is 1. The topological polar surface area (TPSA) is 51.2 Å². The van der Waals surface area contributed by atoms with Crippen molar-refractivity contribution in [1.29, 1.82) is 0 Å². The molecule has 0 atom stereocenters. The van der Waals surface area contributed by atoms with Gasteiger partial charge in [0.1, 0.15) is 15.6 Å². The summed E-state index contributed by atoms with van der Waals surface area (Å²) in [6.07, 6.45) is 0. The molecule has 0 spiro atoms. The summed E-state index contributed by atoms with van der Waals surface area (Å²) >= 11 is 1.40. The number of nitrogens with zero attached hydrogens (tertiary/aromatic N) is 1. The number of nitrogens with one attached hydrogen (secondary N) is 1. The molecule has 0 aliphatic heterocycles. The van der Waals surface area contributed by atoms with Gasteiger partial charge in [-0.15, -0.1) is 11.3 Å². The quantitative estimate of drug-likeness (QED) is 0.729. The molecule has 0 aliphatic carbocycles. The van der Waals surface area contributed by atoms with Crippen LogP contribution >= 0.6 is 11.3 Å². The number of carbonyl (C=O) groups excluding carboxylic acids is 1. The van der Waals surface area contributed by atoms with Crippen LogP contribution in [0.3, 0.4) is 0 Å². The van der Waals surface area contributed by atoms with Gasteiger partial charge in [0.25, 0.3) is 5.91 Å². The number of rotatable bonds is 5. The van der Waals surface area contributed by atoms with E-state index in [1.165, 1.54) is 11.3 Å². The van der Waals surface area contributed by atoms with Gasteiger partial charge in [0.2, 0.25) is 0 Å². The normalized spacial score (nSPS) is 10.4. The maximum atomic E-state index is 12.5. The number of hydrogen-bond acceptors (Lipinski definition) is 4. The Bertz CT molecular complexity index is 826. The predicted molar refractivity (Wildman–Crippen MR) is 97.9 cm³/mol. The molecule has 122 valence electrons. The number of aromatic nitrogens is 1. The number of anilines is 1. The molecule has 3 rings (SSSR count). The minimum Gasteiger partial charge on any atom is -0.494 e. The van der Waals surface area contributed by atoms with E-state index in [9.17, 15) is 4.79 Å². The smallest absolute Gasteiger partial charge is 0.267 e. The van der Waals surface area contributed by atoms with Crippen LogP contribution in [-0.4, -0.2) is 17.5 Å². The highest BCUT2D eigenvalue weighted by Crippen LogP contribution is 2.29. The van der Waals surface area contributed by atoms with Gasteiger partial charge in [0.05, 0.1) is 12.3 Å². The molecule has 0 aliphatic rings. The second-order valence-electron chi connectivity index (χ2n) is 5.21. The maximum absolute atomic E-state index is 12.5. The molecule has 2 aromatic carbocycles. The van der Waals surface area contributed by atoms with Crippen molar-refractivity contribution in [2.45, 2.75) is 13.8 Å². The molecule has 1 N–H and O–H groups in total. The second-order valence-corrected chi connectivity index (χ2v) is 6.21. The number of aryl methyl sites for hydroxylation is 1. The monoisotopic (exact) mass is 338 g/mol. The summed E-state index contributed by atoms with van der Waals surface area (Å²) in [5, 5.41) is 3.73. The van der Waals surface area contributed by atoms with Crippen molar-refractivity contribution < 1.29 is 9.53 Å². The van der Waals surface area contributed by atoms with Crippen molar-refractivity contribution in [2.24, 2.45) is 0 Å². The molecule has 5 heteroatoms. The van der Waals surface area contributed by atoms with Crippen LogP contribution in [0.15, 0.2) is 54.6 Å². The van der Waals surface area contributed by atoms with E-state index < -0.39 is 0 Å². The molecular weight excluding hydrogens is 320 g/mol. The summed E-state index contributed by atoms with van der Waals surface area (Å²) < 4.78 is 5.45. The molecule has 0 fully saturated rings. The minimum atomic E-state index is -0.131. The van der Waals surface area contributed by atoms with Crippen LogP contribution < -0.4 is 10.1 Å². The van der Waals surface area contributed by atoms with E-state index in [1.54, 1.807) is 0 Å². The van der Waals surface area contributed by atoms with Crippen molar-refractivity contribution in [3.8, 4) is 16.3 Å². The third-order valence-corrected chi connectivity index (χ3v) is 4.65. The Morgan fingerprint density at radius 2 is 1.83 bits per heavy atom. The highest BCUT2D eigenvalue weighted by Gasteiger charge is 2.16. The summed E-state index contributed by atoms with van der Waals surface area (Å²) in [5.41, 5.74) is 2.49. The third-order valence-electron chi connectivity index (χ3n) is 3.45. The summed E-state index contributed by atoms with van der Waals surface area (Å²) in [5.74, 6) is 0.699. The van der Waals surface area contributed by atoms with E-state index in [0.717, 1.165) is 27.7 Å². The van der Waals surface area contributed by atoms with Crippen LogP contribution in [0.1, 0.15) is 22.3 Å². The van der Waals surface area contributed by atoms with Gasteiger partial charge in [-0.1, -0.05) is 18.2 Å². The Morgan fingerprint density at radius 3 is 2.50 bits per heavy atom. The zero-order valence-corrected chi connectivity index (χ0v) is 14.4. The summed E-state index contributed by atoms with van der Waals surface area (Å²) in [7, 11) is 0. The highest BCUT2D eigenvalue weighted by molar-refractivity contribution is 7.17. The second kappa shape index (κ2) is 7.27. The van der Waals surface area contributed by atoms with Gasteiger partial charge in [-0.05, 0) is 50.2 Å². The molecule has 0 bridgehead atoms. The number of hydrogen-bond donors (Lipinski definition) is 1. The van der Waals surface area contributed by atoms with Gasteiger partial charge in [-0.2, -0.15) is 0 Å². The van der Waals surface area contributed by atoms with Crippen molar-refractivity contribution in [3.63, 3.8) is 0 Å². The molecule has 0 unspecified atom stereocenters. The molecule has 24 heavy (non-hydrogen) atoms. The lowest BCUT2D eigenvalue weighted by atomic mass is 10.2. The lowest BCUT2D eigenvalue weighted by molar-refractivity contribution is 0.103. The first kappa shape index (κ1) is 16.2. The zero-order chi connectivity index (χ0) is 16.9. The standard InChI is InChI=1S/C19H18N2O2S/c1-3-23-16-11-9-14(10-12-16)19-20-13(2)17(24-19)18(22)21-15-7-5-4-6-8-15/h4-12H,3H2,1-2H3,(H,21,22). The number of para-hydroxylation sites is 1. The first-order valence-electron chi connectivity index (χ1n) is 7.74. The predicted octanol–water partition coefficient (Wildman–Crippen LogP) is 4.77. The average Bonchev–Trinajstić information content (AvgIpc) is 2.99. The van der Waals surface area contributed by atoms with Crippen molar-refractivity contribution >= 4 is 22.9 Å². The van der Waals surface area contributed by atoms with E-state index in [-0.39, 0.29) is 5.91 Å². The van der Waals surface area contributed by atoms with E-state index in [0.29, 0.717) is 11.5 Å². The molecule has 0 saturated heterocycles. The maximum Gasteiger partial charge on any atom is 0.267 e. The molecule has 1 amide bonds. The van der Waals surface area contributed by atoms with Crippen molar-refractivity contribution in [2.75, 3.05) is 11.9 Å². The minimum absolute atomic E-state index is 0.131. The Hall–Kier alpha value is -2.66. The fraction of sp³-hybridized carbons (Fsp3) is 0.158. The first-order chi connectivity index (χ1) is 11.7. The molecule has 0 radical (unpaired) electrons. The van der Waals surface area contributed by atoms with Crippen LogP contribution in [0, 0.1) is 6.92 Å². The van der Waals surface area contributed by atoms with Gasteiger partial charge in [0.15, 0.2) is 0 Å². The van der Waals surface area contributed by atoms with Crippen LogP contribution in [0.5, 0.6) is 5.75 Å². The molecule has 1 aromatic heterocycles. The largest absolute Gasteiger partial charge is 0.494 e. The van der Waals surface area contributed by atoms with E-state index in [2.05, 4.69) is 10.3 Å². The van der Waals surface area contributed by atoms with Gasteiger partial charge < -0.3 is 10.1 Å². The fourth-order valence-corrected chi connectivity index (χ4v) is 3.27. The van der Waals surface area contributed by atoms with Crippen LogP contribution in [-0.2, 0) is 0 Å². The van der Waals surface area contributed by atoms with Crippen LogP contribution in [0.2, 0.25) is 0 Å². The SMILES string of the molecule is CCOc1ccc(-c2nc(C)c(C(=O)Nc3ccccc3)s2)cc1. The van der Waals surface area contributed by atoms with Gasteiger partial charge in [0, 0.05) is 11.3 Å². The molecule has 1 heterocycles. The summed E-state index contributed by atoms with van der Waals surface area (Å²) in [4.78, 5) is 17.6. The summed E-state index contributed by atoms with van der Waals surface area (Å²) in [6, 6.07) is 17.2. The van der Waals surface area contributed by atoms with Gasteiger partial charge in [-0.25, -0.2) is 4.98 Å². The van der Waals surface area contributed by atoms with Crippen LogP contribution in [0.25, 0.3) is 10.6 Å². The zero-order valence-electron chi connectivity index (χ0n) is 13.6. The number of carbonyl (C=O) groups is 1. The first-order valence-corrected chi connectivity index (χ1v) is 8.56. The number of thiazole rings is 1. The summed E-state index contributed by atoms with van der Waals surface area (Å²) in [6.45, 7) is 4.45. The molecule has 3 aromatic rings. The van der Waals surface area contributed by atoms with E-state index >= 15 is 0 Å². The number of benzene rings is 2. The van der Waals surface area contributed by atoms with Gasteiger partial charge in [-0.3, -0.25) is 4.79 Å². The van der Waals surface area contributed by atoms with Gasteiger partial charge >= 0.3 is 0 Å². The average molecular weight is 338 g/mol. The van der Waals surface area contributed by atoms with Crippen molar-refractivity contribution in [1.82, 2.24) is 4.98 Å². The number of amides is 1. The molecule has 4 nitrogen and oxygen atoms in total.